The minimum atomic E-state index is -0.591. The quantitative estimate of drug-likeness (QED) is 0.921. The molecule has 96 valence electrons. The molecular weight excluding hydrogens is 248 g/mol. The minimum absolute atomic E-state index is 0.531. The van der Waals surface area contributed by atoms with Crippen LogP contribution in [0.3, 0.4) is 0 Å². The van der Waals surface area contributed by atoms with Crippen LogP contribution in [0.1, 0.15) is 29.7 Å². The molecular formula is C14H17ClN2O. The van der Waals surface area contributed by atoms with Crippen LogP contribution >= 0.6 is 11.6 Å². The van der Waals surface area contributed by atoms with E-state index in [-0.39, 0.29) is 0 Å². The van der Waals surface area contributed by atoms with E-state index in [2.05, 4.69) is 5.10 Å². The number of hydrogen-bond acceptors (Lipinski definition) is 2. The third kappa shape index (κ3) is 2.74. The molecule has 0 aliphatic rings. The van der Waals surface area contributed by atoms with Crippen LogP contribution in [0, 0.1) is 6.92 Å². The summed E-state index contributed by atoms with van der Waals surface area (Å²) < 4.78 is 1.85. The van der Waals surface area contributed by atoms with Gasteiger partial charge in [0.2, 0.25) is 0 Å². The maximum Gasteiger partial charge on any atom is 0.0845 e. The number of aliphatic hydroxyl groups is 1. The molecule has 1 N–H and O–H groups in total. The average Bonchev–Trinajstić information content (AvgIpc) is 2.80. The van der Waals surface area contributed by atoms with Crippen molar-refractivity contribution in [2.24, 2.45) is 0 Å². The summed E-state index contributed by atoms with van der Waals surface area (Å²) in [6, 6.07) is 5.72. The summed E-state index contributed by atoms with van der Waals surface area (Å²) >= 11 is 6.21. The smallest absolute Gasteiger partial charge is 0.0845 e. The van der Waals surface area contributed by atoms with Crippen LogP contribution < -0.4 is 0 Å². The maximum absolute atomic E-state index is 10.2. The SMILES string of the molecule is CCn1cc(CC(O)c2cccc(C)c2Cl)cn1. The fraction of sp³-hybridized carbons (Fsp3) is 0.357. The molecule has 0 saturated carbocycles. The number of benzene rings is 1. The first kappa shape index (κ1) is 13.1. The van der Waals surface area contributed by atoms with Crippen molar-refractivity contribution in [2.45, 2.75) is 32.9 Å². The van der Waals surface area contributed by atoms with E-state index in [0.29, 0.717) is 11.4 Å². The fourth-order valence-electron chi connectivity index (χ4n) is 1.95. The van der Waals surface area contributed by atoms with Crippen LogP contribution in [0.15, 0.2) is 30.6 Å². The lowest BCUT2D eigenvalue weighted by Crippen LogP contribution is -2.03. The third-order valence-electron chi connectivity index (χ3n) is 3.02. The largest absolute Gasteiger partial charge is 0.388 e. The minimum Gasteiger partial charge on any atom is -0.388 e. The Labute approximate surface area is 112 Å². The predicted octanol–water partition coefficient (Wildman–Crippen LogP) is 3.14. The van der Waals surface area contributed by atoms with Gasteiger partial charge in [0.25, 0.3) is 0 Å². The summed E-state index contributed by atoms with van der Waals surface area (Å²) in [5.41, 5.74) is 2.78. The summed E-state index contributed by atoms with van der Waals surface area (Å²) in [5, 5.41) is 15.1. The molecule has 1 aromatic heterocycles. The summed E-state index contributed by atoms with van der Waals surface area (Å²) in [5.74, 6) is 0. The van der Waals surface area contributed by atoms with Gasteiger partial charge >= 0.3 is 0 Å². The first-order valence-corrected chi connectivity index (χ1v) is 6.44. The number of rotatable bonds is 4. The molecule has 0 fully saturated rings. The first-order chi connectivity index (χ1) is 8.61. The fourth-order valence-corrected chi connectivity index (χ4v) is 2.20. The van der Waals surface area contributed by atoms with Crippen molar-refractivity contribution >= 4 is 11.6 Å². The Bertz CT molecular complexity index is 536. The summed E-state index contributed by atoms with van der Waals surface area (Å²) in [4.78, 5) is 0. The molecule has 2 aromatic rings. The van der Waals surface area contributed by atoms with E-state index >= 15 is 0 Å². The van der Waals surface area contributed by atoms with Gasteiger partial charge in [-0.3, -0.25) is 4.68 Å². The molecule has 4 heteroatoms. The molecule has 0 saturated heterocycles. The van der Waals surface area contributed by atoms with Crippen LogP contribution in [0.4, 0.5) is 0 Å². The highest BCUT2D eigenvalue weighted by molar-refractivity contribution is 6.32. The van der Waals surface area contributed by atoms with Crippen molar-refractivity contribution in [2.75, 3.05) is 0 Å². The number of aromatic nitrogens is 2. The highest BCUT2D eigenvalue weighted by Crippen LogP contribution is 2.28. The van der Waals surface area contributed by atoms with Gasteiger partial charge in [0.05, 0.1) is 12.3 Å². The maximum atomic E-state index is 10.2. The second-order valence-corrected chi connectivity index (χ2v) is 4.78. The highest BCUT2D eigenvalue weighted by Gasteiger charge is 2.14. The molecule has 0 aliphatic heterocycles. The van der Waals surface area contributed by atoms with Gasteiger partial charge in [0.15, 0.2) is 0 Å². The van der Waals surface area contributed by atoms with Gasteiger partial charge in [0.1, 0.15) is 0 Å². The van der Waals surface area contributed by atoms with Crippen LogP contribution in [0.2, 0.25) is 5.02 Å². The zero-order valence-electron chi connectivity index (χ0n) is 10.6. The highest BCUT2D eigenvalue weighted by atomic mass is 35.5. The van der Waals surface area contributed by atoms with Crippen LogP contribution in [0.25, 0.3) is 0 Å². The molecule has 18 heavy (non-hydrogen) atoms. The van der Waals surface area contributed by atoms with Gasteiger partial charge < -0.3 is 5.11 Å². The van der Waals surface area contributed by atoms with Gasteiger partial charge in [-0.25, -0.2) is 0 Å². The third-order valence-corrected chi connectivity index (χ3v) is 3.54. The second kappa shape index (κ2) is 5.55. The van der Waals surface area contributed by atoms with Crippen LogP contribution in [-0.4, -0.2) is 14.9 Å². The molecule has 1 heterocycles. The average molecular weight is 265 g/mol. The van der Waals surface area contributed by atoms with Gasteiger partial charge in [-0.15, -0.1) is 0 Å². The zero-order valence-corrected chi connectivity index (χ0v) is 11.4. The van der Waals surface area contributed by atoms with E-state index in [1.54, 1.807) is 6.20 Å². The molecule has 0 bridgehead atoms. The first-order valence-electron chi connectivity index (χ1n) is 6.06. The predicted molar refractivity (Wildman–Crippen MR) is 72.8 cm³/mol. The standard InChI is InChI=1S/C14H17ClN2O/c1-3-17-9-11(8-16-17)7-13(18)12-6-4-5-10(2)14(12)15/h4-6,8-9,13,18H,3,7H2,1-2H3. The number of nitrogens with zero attached hydrogens (tertiary/aromatic N) is 2. The molecule has 0 amide bonds. The van der Waals surface area contributed by atoms with E-state index < -0.39 is 6.10 Å². The summed E-state index contributed by atoms with van der Waals surface area (Å²) in [7, 11) is 0. The monoisotopic (exact) mass is 264 g/mol. The molecule has 0 aliphatic carbocycles. The Morgan fingerprint density at radius 1 is 1.44 bits per heavy atom. The molecule has 1 atom stereocenters. The van der Waals surface area contributed by atoms with Crippen molar-refractivity contribution < 1.29 is 5.11 Å². The Morgan fingerprint density at radius 3 is 2.89 bits per heavy atom. The second-order valence-electron chi connectivity index (χ2n) is 4.40. The lowest BCUT2D eigenvalue weighted by atomic mass is 10.0. The Hall–Kier alpha value is -1.32. The van der Waals surface area contributed by atoms with Crippen LogP contribution in [0.5, 0.6) is 0 Å². The zero-order chi connectivity index (χ0) is 13.1. The van der Waals surface area contributed by atoms with Crippen molar-refractivity contribution in [3.63, 3.8) is 0 Å². The number of hydrogen-bond donors (Lipinski definition) is 1. The normalized spacial score (nSPS) is 12.7. The van der Waals surface area contributed by atoms with Crippen LogP contribution in [-0.2, 0) is 13.0 Å². The van der Waals surface area contributed by atoms with Gasteiger partial charge in [-0.1, -0.05) is 29.8 Å². The summed E-state index contributed by atoms with van der Waals surface area (Å²) in [6.45, 7) is 4.81. The molecule has 1 unspecified atom stereocenters. The Kier molecular flexibility index (Phi) is 4.04. The molecule has 2 rings (SSSR count). The van der Waals surface area contributed by atoms with Gasteiger partial charge in [-0.05, 0) is 30.5 Å². The van der Waals surface area contributed by atoms with E-state index in [0.717, 1.165) is 23.2 Å². The Balaban J connectivity index is 2.16. The van der Waals surface area contributed by atoms with Crippen molar-refractivity contribution in [3.05, 3.63) is 52.3 Å². The van der Waals surface area contributed by atoms with E-state index in [1.165, 1.54) is 0 Å². The number of halogens is 1. The molecule has 0 spiro atoms. The van der Waals surface area contributed by atoms with Gasteiger partial charge in [0, 0.05) is 24.2 Å². The lowest BCUT2D eigenvalue weighted by Gasteiger charge is -2.13. The van der Waals surface area contributed by atoms with Crippen molar-refractivity contribution in [3.8, 4) is 0 Å². The molecule has 3 nitrogen and oxygen atoms in total. The van der Waals surface area contributed by atoms with E-state index in [1.807, 2.05) is 42.9 Å². The number of aryl methyl sites for hydroxylation is 2. The molecule has 1 aromatic carbocycles. The van der Waals surface area contributed by atoms with E-state index in [9.17, 15) is 5.11 Å². The number of aliphatic hydroxyl groups excluding tert-OH is 1. The van der Waals surface area contributed by atoms with Gasteiger partial charge in [-0.2, -0.15) is 5.10 Å². The topological polar surface area (TPSA) is 38.0 Å². The lowest BCUT2D eigenvalue weighted by molar-refractivity contribution is 0.178. The van der Waals surface area contributed by atoms with E-state index in [4.69, 9.17) is 11.6 Å². The Morgan fingerprint density at radius 2 is 2.22 bits per heavy atom. The van der Waals surface area contributed by atoms with Crippen molar-refractivity contribution in [1.29, 1.82) is 0 Å². The molecule has 0 radical (unpaired) electrons. The van der Waals surface area contributed by atoms with Crippen molar-refractivity contribution in [1.82, 2.24) is 9.78 Å². The summed E-state index contributed by atoms with van der Waals surface area (Å²) in [6.07, 6.45) is 3.68.